The SMILES string of the molecule is CCCCCCC(C)Oc1ccc(C)cc1C(=N)N. The molecule has 1 aromatic rings. The number of nitrogens with one attached hydrogen (secondary N) is 1. The molecule has 3 N–H and O–H groups in total. The van der Waals surface area contributed by atoms with E-state index in [1.807, 2.05) is 25.1 Å². The molecule has 1 aromatic carbocycles. The largest absolute Gasteiger partial charge is 0.490 e. The Morgan fingerprint density at radius 1 is 1.32 bits per heavy atom. The first-order chi connectivity index (χ1) is 9.04. The van der Waals surface area contributed by atoms with Crippen molar-refractivity contribution in [1.29, 1.82) is 5.41 Å². The molecule has 3 nitrogen and oxygen atoms in total. The van der Waals surface area contributed by atoms with Gasteiger partial charge in [-0.1, -0.05) is 37.8 Å². The third kappa shape index (κ3) is 5.33. The summed E-state index contributed by atoms with van der Waals surface area (Å²) in [7, 11) is 0. The Balaban J connectivity index is 2.58. The van der Waals surface area contributed by atoms with E-state index in [4.69, 9.17) is 15.9 Å². The van der Waals surface area contributed by atoms with Crippen LogP contribution in [0.4, 0.5) is 0 Å². The van der Waals surface area contributed by atoms with Crippen LogP contribution in [0.5, 0.6) is 5.75 Å². The molecule has 0 aliphatic heterocycles. The minimum atomic E-state index is 0.0666. The molecule has 0 aliphatic carbocycles. The molecule has 0 aromatic heterocycles. The molecule has 0 saturated carbocycles. The highest BCUT2D eigenvalue weighted by Gasteiger charge is 2.10. The lowest BCUT2D eigenvalue weighted by molar-refractivity contribution is 0.206. The van der Waals surface area contributed by atoms with Crippen molar-refractivity contribution in [3.63, 3.8) is 0 Å². The number of rotatable bonds is 8. The quantitative estimate of drug-likeness (QED) is 0.422. The topological polar surface area (TPSA) is 59.1 Å². The predicted octanol–water partition coefficient (Wildman–Crippen LogP) is 4.02. The van der Waals surface area contributed by atoms with Crippen molar-refractivity contribution < 1.29 is 4.74 Å². The van der Waals surface area contributed by atoms with E-state index < -0.39 is 0 Å². The summed E-state index contributed by atoms with van der Waals surface area (Å²) in [6.07, 6.45) is 6.20. The summed E-state index contributed by atoms with van der Waals surface area (Å²) >= 11 is 0. The van der Waals surface area contributed by atoms with Crippen LogP contribution in [0.3, 0.4) is 0 Å². The molecule has 0 radical (unpaired) electrons. The van der Waals surface area contributed by atoms with Crippen molar-refractivity contribution in [2.24, 2.45) is 5.73 Å². The second-order valence-electron chi connectivity index (χ2n) is 5.19. The first-order valence-corrected chi connectivity index (χ1v) is 7.16. The first kappa shape index (κ1) is 15.5. The first-order valence-electron chi connectivity index (χ1n) is 7.16. The molecular formula is C16H26N2O. The minimum Gasteiger partial charge on any atom is -0.490 e. The van der Waals surface area contributed by atoms with Crippen LogP contribution in [-0.4, -0.2) is 11.9 Å². The molecule has 19 heavy (non-hydrogen) atoms. The molecule has 0 fully saturated rings. The zero-order valence-corrected chi connectivity index (χ0v) is 12.3. The molecule has 0 heterocycles. The van der Waals surface area contributed by atoms with Gasteiger partial charge in [-0.05, 0) is 38.8 Å². The summed E-state index contributed by atoms with van der Waals surface area (Å²) in [5.41, 5.74) is 7.39. The van der Waals surface area contributed by atoms with Gasteiger partial charge in [-0.2, -0.15) is 0 Å². The van der Waals surface area contributed by atoms with Crippen LogP contribution < -0.4 is 10.5 Å². The number of nitrogens with two attached hydrogens (primary N) is 1. The second-order valence-corrected chi connectivity index (χ2v) is 5.19. The van der Waals surface area contributed by atoms with E-state index in [1.54, 1.807) is 0 Å². The molecule has 1 unspecified atom stereocenters. The average molecular weight is 262 g/mol. The highest BCUT2D eigenvalue weighted by molar-refractivity contribution is 5.97. The number of ether oxygens (including phenoxy) is 1. The third-order valence-electron chi connectivity index (χ3n) is 3.22. The number of benzene rings is 1. The van der Waals surface area contributed by atoms with Gasteiger partial charge in [0.15, 0.2) is 0 Å². The normalized spacial score (nSPS) is 12.2. The lowest BCUT2D eigenvalue weighted by atomic mass is 10.1. The maximum Gasteiger partial charge on any atom is 0.130 e. The van der Waals surface area contributed by atoms with Crippen LogP contribution >= 0.6 is 0 Å². The minimum absolute atomic E-state index is 0.0666. The van der Waals surface area contributed by atoms with Crippen LogP contribution in [-0.2, 0) is 0 Å². The zero-order valence-electron chi connectivity index (χ0n) is 12.3. The number of hydrogen-bond donors (Lipinski definition) is 2. The standard InChI is InChI=1S/C16H26N2O/c1-4-5-6-7-8-13(3)19-15-10-9-12(2)11-14(15)16(17)18/h9-11,13H,4-8H2,1-3H3,(H3,17,18). The molecular weight excluding hydrogens is 236 g/mol. The Labute approximate surface area is 116 Å². The van der Waals surface area contributed by atoms with Gasteiger partial charge in [0.25, 0.3) is 0 Å². The van der Waals surface area contributed by atoms with Crippen molar-refractivity contribution in [2.45, 2.75) is 59.0 Å². The fraction of sp³-hybridized carbons (Fsp3) is 0.562. The van der Waals surface area contributed by atoms with Crippen molar-refractivity contribution in [1.82, 2.24) is 0 Å². The zero-order chi connectivity index (χ0) is 14.3. The van der Waals surface area contributed by atoms with Gasteiger partial charge in [-0.3, -0.25) is 5.41 Å². The fourth-order valence-electron chi connectivity index (χ4n) is 2.09. The van der Waals surface area contributed by atoms with Crippen LogP contribution in [0.15, 0.2) is 18.2 Å². The summed E-state index contributed by atoms with van der Waals surface area (Å²) in [5.74, 6) is 0.790. The van der Waals surface area contributed by atoms with Gasteiger partial charge < -0.3 is 10.5 Å². The summed E-state index contributed by atoms with van der Waals surface area (Å²) in [6, 6.07) is 5.81. The Morgan fingerprint density at radius 2 is 2.05 bits per heavy atom. The molecule has 1 atom stereocenters. The number of hydrogen-bond acceptors (Lipinski definition) is 2. The van der Waals surface area contributed by atoms with Crippen LogP contribution in [0, 0.1) is 12.3 Å². The molecule has 0 bridgehead atoms. The van der Waals surface area contributed by atoms with Gasteiger partial charge in [0.1, 0.15) is 11.6 Å². The Morgan fingerprint density at radius 3 is 2.68 bits per heavy atom. The summed E-state index contributed by atoms with van der Waals surface area (Å²) < 4.78 is 5.92. The van der Waals surface area contributed by atoms with Gasteiger partial charge in [0.2, 0.25) is 0 Å². The van der Waals surface area contributed by atoms with Gasteiger partial charge in [0, 0.05) is 0 Å². The second kappa shape index (κ2) is 7.82. The van der Waals surface area contributed by atoms with E-state index in [1.165, 1.54) is 25.7 Å². The molecule has 0 spiro atoms. The number of amidine groups is 1. The monoisotopic (exact) mass is 262 g/mol. The van der Waals surface area contributed by atoms with Crippen molar-refractivity contribution >= 4 is 5.84 Å². The van der Waals surface area contributed by atoms with Gasteiger partial charge in [-0.15, -0.1) is 0 Å². The van der Waals surface area contributed by atoms with Crippen molar-refractivity contribution in [3.05, 3.63) is 29.3 Å². The lowest BCUT2D eigenvalue weighted by Crippen LogP contribution is -2.17. The van der Waals surface area contributed by atoms with E-state index >= 15 is 0 Å². The van der Waals surface area contributed by atoms with Gasteiger partial charge in [0.05, 0.1) is 11.7 Å². The molecule has 0 saturated heterocycles. The maximum atomic E-state index is 7.61. The molecule has 106 valence electrons. The van der Waals surface area contributed by atoms with Crippen LogP contribution in [0.25, 0.3) is 0 Å². The van der Waals surface area contributed by atoms with Crippen molar-refractivity contribution in [3.8, 4) is 5.75 Å². The molecule has 1 rings (SSSR count). The van der Waals surface area contributed by atoms with E-state index in [0.717, 1.165) is 17.7 Å². The fourth-order valence-corrected chi connectivity index (χ4v) is 2.09. The van der Waals surface area contributed by atoms with Gasteiger partial charge in [-0.25, -0.2) is 0 Å². The van der Waals surface area contributed by atoms with Crippen LogP contribution in [0.2, 0.25) is 0 Å². The predicted molar refractivity (Wildman–Crippen MR) is 81.0 cm³/mol. The molecule has 3 heteroatoms. The molecule has 0 amide bonds. The Kier molecular flexibility index (Phi) is 6.40. The maximum absolute atomic E-state index is 7.61. The van der Waals surface area contributed by atoms with Gasteiger partial charge >= 0.3 is 0 Å². The average Bonchev–Trinajstić information content (AvgIpc) is 2.36. The van der Waals surface area contributed by atoms with E-state index in [0.29, 0.717) is 5.56 Å². The Hall–Kier alpha value is -1.51. The summed E-state index contributed by atoms with van der Waals surface area (Å²) in [4.78, 5) is 0. The number of nitrogen functional groups attached to an aromatic ring is 1. The third-order valence-corrected chi connectivity index (χ3v) is 3.22. The lowest BCUT2D eigenvalue weighted by Gasteiger charge is -2.17. The van der Waals surface area contributed by atoms with E-state index in [-0.39, 0.29) is 11.9 Å². The smallest absolute Gasteiger partial charge is 0.130 e. The number of unbranched alkanes of at least 4 members (excludes halogenated alkanes) is 3. The summed E-state index contributed by atoms with van der Waals surface area (Å²) in [6.45, 7) is 6.28. The highest BCUT2D eigenvalue weighted by Crippen LogP contribution is 2.22. The highest BCUT2D eigenvalue weighted by atomic mass is 16.5. The summed E-state index contributed by atoms with van der Waals surface area (Å²) in [5, 5.41) is 7.61. The number of aryl methyl sites for hydroxylation is 1. The van der Waals surface area contributed by atoms with E-state index in [9.17, 15) is 0 Å². The van der Waals surface area contributed by atoms with E-state index in [2.05, 4.69) is 13.8 Å². The van der Waals surface area contributed by atoms with Crippen LogP contribution in [0.1, 0.15) is 57.1 Å². The Bertz CT molecular complexity index is 415. The van der Waals surface area contributed by atoms with Crippen molar-refractivity contribution in [2.75, 3.05) is 0 Å². The molecule has 0 aliphatic rings.